The van der Waals surface area contributed by atoms with Gasteiger partial charge in [0.2, 0.25) is 11.8 Å². The second-order valence-corrected chi connectivity index (χ2v) is 13.3. The van der Waals surface area contributed by atoms with E-state index in [0.29, 0.717) is 23.0 Å². The van der Waals surface area contributed by atoms with E-state index in [-0.39, 0.29) is 25.2 Å². The Kier molecular flexibility index (Phi) is 9.25. The topological polar surface area (TPSA) is 134 Å². The number of carbonyl (C=O) groups excluding carboxylic acids is 2. The van der Waals surface area contributed by atoms with Crippen molar-refractivity contribution in [2.75, 3.05) is 0 Å². The van der Waals surface area contributed by atoms with E-state index in [0.717, 1.165) is 36.8 Å². The zero-order valence-electron chi connectivity index (χ0n) is 27.3. The molecule has 0 bridgehead atoms. The quantitative estimate of drug-likeness (QED) is 0.153. The fraction of sp³-hybridized carbons (Fsp3) is 0.300. The lowest BCUT2D eigenvalue weighted by molar-refractivity contribution is -0.188. The van der Waals surface area contributed by atoms with Gasteiger partial charge in [-0.1, -0.05) is 60.7 Å². The fourth-order valence-corrected chi connectivity index (χ4v) is 6.87. The summed E-state index contributed by atoms with van der Waals surface area (Å²) in [4.78, 5) is 57.0. The van der Waals surface area contributed by atoms with Gasteiger partial charge in [0, 0.05) is 25.2 Å². The van der Waals surface area contributed by atoms with E-state index in [2.05, 4.69) is 0 Å². The van der Waals surface area contributed by atoms with Crippen LogP contribution in [0.25, 0.3) is 0 Å². The van der Waals surface area contributed by atoms with E-state index in [9.17, 15) is 29.4 Å². The number of para-hydroxylation sites is 2. The number of benzene rings is 4. The number of carboxylic acids is 2. The van der Waals surface area contributed by atoms with Crippen LogP contribution in [0.1, 0.15) is 36.8 Å². The minimum atomic E-state index is -1.51. The summed E-state index contributed by atoms with van der Waals surface area (Å²) in [5, 5.41) is 20.4. The molecule has 10 heteroatoms. The van der Waals surface area contributed by atoms with Crippen LogP contribution in [-0.2, 0) is 32.3 Å². The van der Waals surface area contributed by atoms with Gasteiger partial charge < -0.3 is 29.5 Å². The van der Waals surface area contributed by atoms with Crippen LogP contribution in [-0.4, -0.2) is 55.8 Å². The number of aliphatic carboxylic acids is 2. The Morgan fingerprint density at radius 3 is 1.10 bits per heavy atom. The Morgan fingerprint density at radius 1 is 0.480 bits per heavy atom. The highest BCUT2D eigenvalue weighted by Gasteiger charge is 2.65. The summed E-state index contributed by atoms with van der Waals surface area (Å²) in [5.74, 6) is -6.69. The molecule has 0 saturated heterocycles. The van der Waals surface area contributed by atoms with Crippen LogP contribution in [0.4, 0.5) is 0 Å². The maximum atomic E-state index is 14.3. The van der Waals surface area contributed by atoms with Crippen LogP contribution in [0, 0.1) is 23.7 Å². The minimum Gasteiger partial charge on any atom is -0.481 e. The maximum absolute atomic E-state index is 14.3. The van der Waals surface area contributed by atoms with Crippen molar-refractivity contribution in [1.82, 2.24) is 9.80 Å². The predicted molar refractivity (Wildman–Crippen MR) is 182 cm³/mol. The van der Waals surface area contributed by atoms with Crippen LogP contribution in [0.3, 0.4) is 0 Å². The summed E-state index contributed by atoms with van der Waals surface area (Å²) in [6, 6.07) is 33.1. The van der Waals surface area contributed by atoms with Crippen LogP contribution < -0.4 is 9.47 Å². The Bertz CT molecular complexity index is 1700. The van der Waals surface area contributed by atoms with Gasteiger partial charge in [0.15, 0.2) is 0 Å². The number of nitrogens with zero attached hydrogens (tertiary/aromatic N) is 2. The molecule has 4 aromatic carbocycles. The highest BCUT2D eigenvalue weighted by atomic mass is 16.5. The molecule has 0 aliphatic heterocycles. The molecule has 7 rings (SSSR count). The monoisotopic (exact) mass is 674 g/mol. The van der Waals surface area contributed by atoms with Crippen molar-refractivity contribution in [2.45, 2.75) is 50.9 Å². The van der Waals surface area contributed by atoms with Crippen LogP contribution in [0.15, 0.2) is 109 Å². The molecule has 0 radical (unpaired) electrons. The number of ether oxygens (including phenoxy) is 2. The largest absolute Gasteiger partial charge is 0.481 e. The molecule has 4 aromatic rings. The maximum Gasteiger partial charge on any atom is 0.308 e. The highest BCUT2D eigenvalue weighted by molar-refractivity contribution is 6.00. The van der Waals surface area contributed by atoms with Crippen molar-refractivity contribution in [1.29, 1.82) is 0 Å². The van der Waals surface area contributed by atoms with Gasteiger partial charge in [-0.25, -0.2) is 0 Å². The smallest absolute Gasteiger partial charge is 0.308 e. The van der Waals surface area contributed by atoms with Crippen molar-refractivity contribution in [3.63, 3.8) is 0 Å². The predicted octanol–water partition coefficient (Wildman–Crippen LogP) is 6.60. The lowest BCUT2D eigenvalue weighted by Gasteiger charge is -2.48. The van der Waals surface area contributed by atoms with E-state index in [1.807, 2.05) is 109 Å². The molecule has 0 spiro atoms. The average molecular weight is 675 g/mol. The number of amides is 2. The van der Waals surface area contributed by atoms with E-state index in [1.54, 1.807) is 9.80 Å². The molecule has 0 aromatic heterocycles. The van der Waals surface area contributed by atoms with Crippen molar-refractivity contribution in [3.8, 4) is 23.0 Å². The molecule has 3 aliphatic carbocycles. The molecule has 4 atom stereocenters. The van der Waals surface area contributed by atoms with Crippen molar-refractivity contribution in [2.24, 2.45) is 23.7 Å². The summed E-state index contributed by atoms with van der Waals surface area (Å²) in [6.07, 6.45) is 3.02. The molecule has 2 N–H and O–H groups in total. The lowest BCUT2D eigenvalue weighted by atomic mass is 9.55. The average Bonchev–Trinajstić information content (AvgIpc) is 4.03. The third-order valence-electron chi connectivity index (χ3n) is 9.74. The van der Waals surface area contributed by atoms with Gasteiger partial charge in [0.05, 0.1) is 23.7 Å². The zero-order valence-corrected chi connectivity index (χ0v) is 27.3. The summed E-state index contributed by atoms with van der Waals surface area (Å²) in [7, 11) is 0. The zero-order chi connectivity index (χ0) is 34.8. The molecule has 256 valence electrons. The first-order chi connectivity index (χ1) is 24.3. The first-order valence-corrected chi connectivity index (χ1v) is 17.0. The molecule has 0 heterocycles. The lowest BCUT2D eigenvalue weighted by Crippen LogP contribution is -2.64. The number of hydrogen-bond donors (Lipinski definition) is 2. The molecular weight excluding hydrogens is 636 g/mol. The Labute approximate surface area is 289 Å². The molecule has 3 aliphatic rings. The number of carboxylic acid groups (broad SMARTS) is 2. The number of carbonyl (C=O) groups is 4. The summed E-state index contributed by atoms with van der Waals surface area (Å²) in [5.41, 5.74) is 1.63. The van der Waals surface area contributed by atoms with Crippen molar-refractivity contribution < 1.29 is 38.9 Å². The standard InChI is InChI=1S/C40H38N2O8/c43-37(41(27-15-16-27)23-25-11-19-31(20-12-25)49-29-7-3-1-4-8-29)33-34(36(40(47)48)35(33)39(45)46)38(44)42(28-17-18-28)24-26-13-21-32(22-14-26)50-30-9-5-2-6-10-30/h1-14,19-22,27-28,33-36H,15-18,23-24H2,(H,45,46)(H,47,48). The van der Waals surface area contributed by atoms with E-state index in [4.69, 9.17) is 9.47 Å². The van der Waals surface area contributed by atoms with Crippen LogP contribution in [0.2, 0.25) is 0 Å². The number of rotatable bonds is 14. The van der Waals surface area contributed by atoms with Crippen LogP contribution in [0.5, 0.6) is 23.0 Å². The first-order valence-electron chi connectivity index (χ1n) is 17.0. The van der Waals surface area contributed by atoms with Gasteiger partial charge in [0.1, 0.15) is 23.0 Å². The second kappa shape index (κ2) is 14.1. The Hall–Kier alpha value is -5.64. The molecule has 3 fully saturated rings. The van der Waals surface area contributed by atoms with Gasteiger partial charge in [-0.05, 0) is 85.3 Å². The molecule has 4 unspecified atom stereocenters. The van der Waals surface area contributed by atoms with E-state index in [1.165, 1.54) is 0 Å². The van der Waals surface area contributed by atoms with Gasteiger partial charge in [-0.2, -0.15) is 0 Å². The molecule has 2 amide bonds. The summed E-state index contributed by atoms with van der Waals surface area (Å²) in [6.45, 7) is 0.417. The van der Waals surface area contributed by atoms with Gasteiger partial charge in [0.25, 0.3) is 0 Å². The van der Waals surface area contributed by atoms with E-state index < -0.39 is 47.4 Å². The van der Waals surface area contributed by atoms with Crippen molar-refractivity contribution in [3.05, 3.63) is 120 Å². The Balaban J connectivity index is 1.09. The second-order valence-electron chi connectivity index (χ2n) is 13.3. The fourth-order valence-electron chi connectivity index (χ4n) is 6.87. The number of hydrogen-bond acceptors (Lipinski definition) is 6. The normalized spacial score (nSPS) is 21.0. The molecule has 50 heavy (non-hydrogen) atoms. The molecule has 3 saturated carbocycles. The van der Waals surface area contributed by atoms with Crippen molar-refractivity contribution >= 4 is 23.8 Å². The molecule has 10 nitrogen and oxygen atoms in total. The minimum absolute atomic E-state index is 0.104. The van der Waals surface area contributed by atoms with Gasteiger partial charge in [-0.15, -0.1) is 0 Å². The van der Waals surface area contributed by atoms with E-state index >= 15 is 0 Å². The SMILES string of the molecule is O=C(O)C1C(C(=O)O)C(C(=O)N(Cc2ccc(Oc3ccccc3)cc2)C2CC2)C1C(=O)N(Cc1ccc(Oc2ccccc2)cc1)C1CC1. The third kappa shape index (κ3) is 7.19. The van der Waals surface area contributed by atoms with Gasteiger partial charge >= 0.3 is 11.9 Å². The highest BCUT2D eigenvalue weighted by Crippen LogP contribution is 2.51. The molecular formula is C40H38N2O8. The summed E-state index contributed by atoms with van der Waals surface area (Å²) < 4.78 is 11.8. The van der Waals surface area contributed by atoms with Gasteiger partial charge in [-0.3, -0.25) is 19.2 Å². The Morgan fingerprint density at radius 2 is 0.800 bits per heavy atom. The van der Waals surface area contributed by atoms with Crippen LogP contribution >= 0.6 is 0 Å². The third-order valence-corrected chi connectivity index (χ3v) is 9.74. The first kappa shape index (κ1) is 32.9. The summed E-state index contributed by atoms with van der Waals surface area (Å²) >= 11 is 0.